The lowest BCUT2D eigenvalue weighted by atomic mass is 10.0. The first-order valence-corrected chi connectivity index (χ1v) is 4.39. The fourth-order valence-corrected chi connectivity index (χ4v) is 1.50. The molecule has 11 heavy (non-hydrogen) atoms. The van der Waals surface area contributed by atoms with Gasteiger partial charge in [0.1, 0.15) is 0 Å². The van der Waals surface area contributed by atoms with Gasteiger partial charge in [-0.25, -0.2) is 0 Å². The zero-order valence-electron chi connectivity index (χ0n) is 7.51. The lowest BCUT2D eigenvalue weighted by Gasteiger charge is -2.31. The van der Waals surface area contributed by atoms with Gasteiger partial charge in [0.05, 0.1) is 0 Å². The number of allylic oxidation sites excluding steroid dienone is 1. The Hall–Kier alpha value is -0.500. The molecule has 1 heterocycles. The molecular weight excluding hydrogens is 136 g/mol. The molecular formula is C9H18N2. The van der Waals surface area contributed by atoms with E-state index < -0.39 is 0 Å². The third kappa shape index (κ3) is 2.22. The van der Waals surface area contributed by atoms with Crippen molar-refractivity contribution in [3.05, 3.63) is 11.8 Å². The van der Waals surface area contributed by atoms with Crippen LogP contribution in [0.1, 0.15) is 26.2 Å². The Morgan fingerprint density at radius 3 is 3.09 bits per heavy atom. The van der Waals surface area contributed by atoms with E-state index in [0.717, 1.165) is 25.8 Å². The summed E-state index contributed by atoms with van der Waals surface area (Å²) in [5.74, 6) is 0. The quantitative estimate of drug-likeness (QED) is 0.617. The van der Waals surface area contributed by atoms with E-state index in [4.69, 9.17) is 5.73 Å². The highest BCUT2D eigenvalue weighted by Crippen LogP contribution is 2.17. The van der Waals surface area contributed by atoms with Gasteiger partial charge in [-0.2, -0.15) is 0 Å². The molecule has 0 aromatic heterocycles. The topological polar surface area (TPSA) is 29.3 Å². The van der Waals surface area contributed by atoms with Crippen molar-refractivity contribution in [3.8, 4) is 0 Å². The molecule has 0 aromatic carbocycles. The van der Waals surface area contributed by atoms with Crippen LogP contribution in [0.25, 0.3) is 0 Å². The molecule has 0 radical (unpaired) electrons. The average Bonchev–Trinajstić information content (AvgIpc) is 1.98. The highest BCUT2D eigenvalue weighted by Gasteiger charge is 2.15. The fourth-order valence-electron chi connectivity index (χ4n) is 1.50. The van der Waals surface area contributed by atoms with Gasteiger partial charge in [0.25, 0.3) is 0 Å². The van der Waals surface area contributed by atoms with Gasteiger partial charge in [-0.15, -0.1) is 0 Å². The van der Waals surface area contributed by atoms with Gasteiger partial charge in [-0.05, 0) is 12.8 Å². The molecule has 1 rings (SSSR count). The molecule has 1 aliphatic rings. The predicted molar refractivity (Wildman–Crippen MR) is 48.2 cm³/mol. The van der Waals surface area contributed by atoms with E-state index in [0.29, 0.717) is 6.04 Å². The Balaban J connectivity index is 2.54. The van der Waals surface area contributed by atoms with Gasteiger partial charge in [0.15, 0.2) is 0 Å². The average molecular weight is 154 g/mol. The minimum absolute atomic E-state index is 0.393. The van der Waals surface area contributed by atoms with E-state index in [1.165, 1.54) is 5.70 Å². The van der Waals surface area contributed by atoms with E-state index in [1.807, 2.05) is 0 Å². The van der Waals surface area contributed by atoms with Crippen LogP contribution < -0.4 is 5.73 Å². The molecule has 0 bridgehead atoms. The maximum Gasteiger partial charge on any atom is 0.0186 e. The Labute approximate surface area is 69.1 Å². The molecule has 0 spiro atoms. The SMILES string of the molecule is CC/C=C1\CC(N)CCN1C. The first kappa shape index (κ1) is 8.60. The summed E-state index contributed by atoms with van der Waals surface area (Å²) in [5.41, 5.74) is 7.27. The van der Waals surface area contributed by atoms with E-state index in [1.54, 1.807) is 0 Å². The molecule has 0 aliphatic carbocycles. The monoisotopic (exact) mass is 154 g/mol. The van der Waals surface area contributed by atoms with Crippen molar-refractivity contribution >= 4 is 0 Å². The molecule has 1 atom stereocenters. The molecule has 1 saturated heterocycles. The summed E-state index contributed by atoms with van der Waals surface area (Å²) in [4.78, 5) is 2.31. The maximum absolute atomic E-state index is 5.85. The lowest BCUT2D eigenvalue weighted by Crippen LogP contribution is -2.35. The highest BCUT2D eigenvalue weighted by molar-refractivity contribution is 5.05. The van der Waals surface area contributed by atoms with Gasteiger partial charge < -0.3 is 10.6 Å². The third-order valence-electron chi connectivity index (χ3n) is 2.24. The second kappa shape index (κ2) is 3.77. The minimum Gasteiger partial charge on any atom is -0.378 e. The summed E-state index contributed by atoms with van der Waals surface area (Å²) in [5, 5.41) is 0. The Morgan fingerprint density at radius 2 is 2.45 bits per heavy atom. The predicted octanol–water partition coefficient (Wildman–Crippen LogP) is 1.33. The van der Waals surface area contributed by atoms with Crippen LogP contribution in [0.3, 0.4) is 0 Å². The van der Waals surface area contributed by atoms with Crippen molar-refractivity contribution in [1.82, 2.24) is 4.90 Å². The van der Waals surface area contributed by atoms with Gasteiger partial charge in [0, 0.05) is 31.8 Å². The van der Waals surface area contributed by atoms with Gasteiger partial charge in [-0.1, -0.05) is 13.0 Å². The molecule has 2 nitrogen and oxygen atoms in total. The number of likely N-dealkylation sites (tertiary alicyclic amines) is 1. The van der Waals surface area contributed by atoms with Crippen LogP contribution in [-0.4, -0.2) is 24.5 Å². The lowest BCUT2D eigenvalue weighted by molar-refractivity contribution is 0.319. The molecule has 2 N–H and O–H groups in total. The largest absolute Gasteiger partial charge is 0.378 e. The molecule has 0 aromatic rings. The molecule has 2 heteroatoms. The number of hydrogen-bond donors (Lipinski definition) is 1. The van der Waals surface area contributed by atoms with Crippen molar-refractivity contribution in [2.75, 3.05) is 13.6 Å². The van der Waals surface area contributed by atoms with Crippen LogP contribution in [0.4, 0.5) is 0 Å². The fraction of sp³-hybridized carbons (Fsp3) is 0.778. The van der Waals surface area contributed by atoms with Gasteiger partial charge in [-0.3, -0.25) is 0 Å². The molecule has 0 saturated carbocycles. The van der Waals surface area contributed by atoms with Gasteiger partial charge >= 0.3 is 0 Å². The zero-order chi connectivity index (χ0) is 8.27. The Bertz CT molecular complexity index is 152. The molecule has 1 unspecified atom stereocenters. The van der Waals surface area contributed by atoms with Crippen LogP contribution in [0, 0.1) is 0 Å². The summed E-state index contributed by atoms with van der Waals surface area (Å²) in [7, 11) is 2.15. The normalized spacial score (nSPS) is 29.5. The van der Waals surface area contributed by atoms with Crippen molar-refractivity contribution in [2.24, 2.45) is 5.73 Å². The highest BCUT2D eigenvalue weighted by atomic mass is 15.1. The zero-order valence-corrected chi connectivity index (χ0v) is 7.51. The van der Waals surface area contributed by atoms with E-state index in [9.17, 15) is 0 Å². The van der Waals surface area contributed by atoms with Gasteiger partial charge in [0.2, 0.25) is 0 Å². The van der Waals surface area contributed by atoms with E-state index in [-0.39, 0.29) is 0 Å². The second-order valence-electron chi connectivity index (χ2n) is 3.28. The van der Waals surface area contributed by atoms with E-state index in [2.05, 4.69) is 24.9 Å². The third-order valence-corrected chi connectivity index (χ3v) is 2.24. The summed E-state index contributed by atoms with van der Waals surface area (Å²) in [6.07, 6.45) is 5.59. The first-order valence-electron chi connectivity index (χ1n) is 4.39. The Morgan fingerprint density at radius 1 is 1.73 bits per heavy atom. The Kier molecular flexibility index (Phi) is 2.94. The summed E-state index contributed by atoms with van der Waals surface area (Å²) in [6.45, 7) is 3.29. The number of rotatable bonds is 1. The summed E-state index contributed by atoms with van der Waals surface area (Å²) < 4.78 is 0. The van der Waals surface area contributed by atoms with Crippen molar-refractivity contribution < 1.29 is 0 Å². The van der Waals surface area contributed by atoms with E-state index >= 15 is 0 Å². The molecule has 1 fully saturated rings. The molecule has 1 aliphatic heterocycles. The number of nitrogens with zero attached hydrogens (tertiary/aromatic N) is 1. The van der Waals surface area contributed by atoms with Crippen molar-refractivity contribution in [2.45, 2.75) is 32.2 Å². The smallest absolute Gasteiger partial charge is 0.0186 e. The van der Waals surface area contributed by atoms with Crippen LogP contribution in [0.5, 0.6) is 0 Å². The maximum atomic E-state index is 5.85. The number of hydrogen-bond acceptors (Lipinski definition) is 2. The second-order valence-corrected chi connectivity index (χ2v) is 3.28. The van der Waals surface area contributed by atoms with Crippen molar-refractivity contribution in [1.29, 1.82) is 0 Å². The van der Waals surface area contributed by atoms with Crippen LogP contribution in [-0.2, 0) is 0 Å². The molecule has 64 valence electrons. The summed E-state index contributed by atoms with van der Waals surface area (Å²) in [6, 6.07) is 0.393. The number of nitrogens with two attached hydrogens (primary N) is 1. The van der Waals surface area contributed by atoms with Crippen LogP contribution in [0.15, 0.2) is 11.8 Å². The molecule has 0 amide bonds. The van der Waals surface area contributed by atoms with Crippen LogP contribution in [0.2, 0.25) is 0 Å². The minimum atomic E-state index is 0.393. The van der Waals surface area contributed by atoms with Crippen molar-refractivity contribution in [3.63, 3.8) is 0 Å². The van der Waals surface area contributed by atoms with Crippen LogP contribution >= 0.6 is 0 Å². The summed E-state index contributed by atoms with van der Waals surface area (Å²) >= 11 is 0. The first-order chi connectivity index (χ1) is 5.24. The standard InChI is InChI=1S/C9H18N2/c1-3-4-9-7-8(10)5-6-11(9)2/h4,8H,3,5-7,10H2,1-2H3/b9-4+. The number of piperidine rings is 1.